The number of amides is 1. The molecule has 4 heterocycles. The van der Waals surface area contributed by atoms with Crippen LogP contribution < -0.4 is 19.9 Å². The van der Waals surface area contributed by atoms with Crippen LogP contribution >= 0.6 is 23.2 Å². The van der Waals surface area contributed by atoms with Crippen molar-refractivity contribution in [2.45, 2.75) is 37.5 Å². The second kappa shape index (κ2) is 12.7. The maximum Gasteiger partial charge on any atom is 0.268 e. The Labute approximate surface area is 267 Å². The summed E-state index contributed by atoms with van der Waals surface area (Å²) in [5.41, 5.74) is 2.81. The molecule has 0 radical (unpaired) electrons. The van der Waals surface area contributed by atoms with Gasteiger partial charge in [0.1, 0.15) is 5.56 Å². The standard InChI is InChI=1S/C30H35Cl2N7O4S/c1-36(2)22-10-14-37(15-11-22)26-9-8-21(16-20(26)18-44(41,42)38-12-3-4-13-38)34-30-33-17-23-28(35-30)43-19-39(29(23)40)27-24(31)6-5-7-25(27)32/h5-9,16-17,22H,3-4,10-15,18-19H2,1-2H3,(H,33,34,35). The predicted octanol–water partition coefficient (Wildman–Crippen LogP) is 4.98. The molecule has 0 saturated carbocycles. The van der Waals surface area contributed by atoms with Crippen LogP contribution in [-0.4, -0.2) is 86.5 Å². The van der Waals surface area contributed by atoms with Crippen LogP contribution in [-0.2, 0) is 15.8 Å². The van der Waals surface area contributed by atoms with Crippen LogP contribution in [0.15, 0.2) is 42.6 Å². The number of carbonyl (C=O) groups excluding carboxylic acids is 1. The lowest BCUT2D eigenvalue weighted by molar-refractivity contribution is 0.0932. The third kappa shape index (κ3) is 6.32. The van der Waals surface area contributed by atoms with E-state index in [0.717, 1.165) is 50.0 Å². The van der Waals surface area contributed by atoms with Crippen molar-refractivity contribution in [1.29, 1.82) is 0 Å². The maximum atomic E-state index is 13.4. The van der Waals surface area contributed by atoms with E-state index in [1.165, 1.54) is 11.1 Å². The molecule has 14 heteroatoms. The van der Waals surface area contributed by atoms with Crippen LogP contribution in [0.1, 0.15) is 41.6 Å². The minimum Gasteiger partial charge on any atom is -0.455 e. The van der Waals surface area contributed by atoms with E-state index in [1.807, 2.05) is 18.2 Å². The number of rotatable bonds is 8. The molecule has 6 rings (SSSR count). The normalized spacial score (nSPS) is 18.1. The molecule has 3 aromatic rings. The summed E-state index contributed by atoms with van der Waals surface area (Å²) in [6.07, 6.45) is 5.18. The molecule has 3 aliphatic rings. The lowest BCUT2D eigenvalue weighted by atomic mass is 10.0. The van der Waals surface area contributed by atoms with E-state index >= 15 is 0 Å². The number of hydrogen-bond donors (Lipinski definition) is 1. The molecular formula is C30H35Cl2N7O4S. The van der Waals surface area contributed by atoms with Crippen LogP contribution in [0.2, 0.25) is 10.0 Å². The molecule has 0 atom stereocenters. The summed E-state index contributed by atoms with van der Waals surface area (Å²) in [5, 5.41) is 3.82. The van der Waals surface area contributed by atoms with E-state index in [9.17, 15) is 13.2 Å². The smallest absolute Gasteiger partial charge is 0.268 e. The minimum atomic E-state index is -3.48. The molecule has 0 bridgehead atoms. The number of para-hydroxylation sites is 1. The average Bonchev–Trinajstić information content (AvgIpc) is 3.55. The van der Waals surface area contributed by atoms with E-state index < -0.39 is 10.0 Å². The van der Waals surface area contributed by atoms with Gasteiger partial charge in [0.25, 0.3) is 5.91 Å². The number of nitrogens with zero attached hydrogens (tertiary/aromatic N) is 6. The molecule has 44 heavy (non-hydrogen) atoms. The molecule has 11 nitrogen and oxygen atoms in total. The van der Waals surface area contributed by atoms with Crippen molar-refractivity contribution in [3.63, 3.8) is 0 Å². The zero-order valence-corrected chi connectivity index (χ0v) is 27.0. The molecule has 234 valence electrons. The molecular weight excluding hydrogens is 625 g/mol. The topological polar surface area (TPSA) is 111 Å². The van der Waals surface area contributed by atoms with Gasteiger partial charge in [-0.2, -0.15) is 4.98 Å². The van der Waals surface area contributed by atoms with E-state index in [-0.39, 0.29) is 35.8 Å². The van der Waals surface area contributed by atoms with Gasteiger partial charge >= 0.3 is 0 Å². The first-order valence-electron chi connectivity index (χ1n) is 14.7. The highest BCUT2D eigenvalue weighted by Gasteiger charge is 2.32. The minimum absolute atomic E-state index is 0.0887. The summed E-state index contributed by atoms with van der Waals surface area (Å²) in [5.74, 6) is -0.128. The average molecular weight is 661 g/mol. The lowest BCUT2D eigenvalue weighted by Gasteiger charge is -2.37. The molecule has 1 N–H and O–H groups in total. The number of hydrogen-bond acceptors (Lipinski definition) is 9. The highest BCUT2D eigenvalue weighted by atomic mass is 35.5. The van der Waals surface area contributed by atoms with E-state index in [4.69, 9.17) is 27.9 Å². The number of aromatic nitrogens is 2. The van der Waals surface area contributed by atoms with Crippen LogP contribution in [0, 0.1) is 0 Å². The number of fused-ring (bicyclic) bond motifs is 1. The van der Waals surface area contributed by atoms with Gasteiger partial charge in [-0.05, 0) is 75.7 Å². The zero-order valence-electron chi connectivity index (χ0n) is 24.7. The van der Waals surface area contributed by atoms with Crippen molar-refractivity contribution in [3.05, 3.63) is 63.8 Å². The summed E-state index contributed by atoms with van der Waals surface area (Å²) >= 11 is 12.6. The second-order valence-corrected chi connectivity index (χ2v) is 14.3. The fourth-order valence-corrected chi connectivity index (χ4v) is 8.24. The van der Waals surface area contributed by atoms with E-state index in [2.05, 4.69) is 39.2 Å². The van der Waals surface area contributed by atoms with Crippen molar-refractivity contribution >= 4 is 62.1 Å². The molecule has 2 saturated heterocycles. The van der Waals surface area contributed by atoms with Crippen molar-refractivity contribution in [3.8, 4) is 5.88 Å². The highest BCUT2D eigenvalue weighted by Crippen LogP contribution is 2.37. The summed E-state index contributed by atoms with van der Waals surface area (Å²) in [7, 11) is 0.718. The molecule has 0 aliphatic carbocycles. The summed E-state index contributed by atoms with van der Waals surface area (Å²) < 4.78 is 34.2. The van der Waals surface area contributed by atoms with Crippen LogP contribution in [0.25, 0.3) is 0 Å². The quantitative estimate of drug-likeness (QED) is 0.358. The number of ether oxygens (including phenoxy) is 1. The first-order valence-corrected chi connectivity index (χ1v) is 17.0. The molecule has 0 spiro atoms. The van der Waals surface area contributed by atoms with E-state index in [0.29, 0.717) is 40.6 Å². The molecule has 1 amide bonds. The highest BCUT2D eigenvalue weighted by molar-refractivity contribution is 7.88. The Balaban J connectivity index is 1.25. The molecule has 0 unspecified atom stereocenters. The zero-order chi connectivity index (χ0) is 31.0. The lowest BCUT2D eigenvalue weighted by Crippen LogP contribution is -2.42. The fourth-order valence-electron chi connectivity index (χ4n) is 6.02. The van der Waals surface area contributed by atoms with Gasteiger partial charge in [0.2, 0.25) is 21.9 Å². The first kappa shape index (κ1) is 30.8. The van der Waals surface area contributed by atoms with Crippen molar-refractivity contribution in [2.24, 2.45) is 0 Å². The Morgan fingerprint density at radius 2 is 1.75 bits per heavy atom. The monoisotopic (exact) mass is 659 g/mol. The third-order valence-corrected chi connectivity index (χ3v) is 10.9. The van der Waals surface area contributed by atoms with Gasteiger partial charge in [-0.25, -0.2) is 17.7 Å². The molecule has 2 fully saturated rings. The summed E-state index contributed by atoms with van der Waals surface area (Å²) in [6.45, 7) is 2.70. The van der Waals surface area contributed by atoms with Crippen LogP contribution in [0.3, 0.4) is 0 Å². The molecule has 2 aromatic carbocycles. The largest absolute Gasteiger partial charge is 0.455 e. The van der Waals surface area contributed by atoms with Gasteiger partial charge in [0.15, 0.2) is 6.73 Å². The number of benzene rings is 2. The number of halogens is 2. The van der Waals surface area contributed by atoms with E-state index in [1.54, 1.807) is 22.5 Å². The maximum absolute atomic E-state index is 13.4. The fraction of sp³-hybridized carbons (Fsp3) is 0.433. The van der Waals surface area contributed by atoms with Gasteiger partial charge < -0.3 is 19.9 Å². The predicted molar refractivity (Wildman–Crippen MR) is 173 cm³/mol. The number of anilines is 4. The second-order valence-electron chi connectivity index (χ2n) is 11.5. The third-order valence-electron chi connectivity index (χ3n) is 8.43. The Hall–Kier alpha value is -3.16. The SMILES string of the molecule is CN(C)C1CCN(c2ccc(Nc3ncc4c(n3)OCN(c3c(Cl)cccc3Cl)C4=O)cc2CS(=O)(=O)N2CCCC2)CC1. The van der Waals surface area contributed by atoms with Gasteiger partial charge in [-0.15, -0.1) is 0 Å². The van der Waals surface area contributed by atoms with Gasteiger partial charge in [0.05, 0.1) is 21.5 Å². The number of sulfonamides is 1. The Bertz CT molecular complexity index is 1640. The summed E-state index contributed by atoms with van der Waals surface area (Å²) in [4.78, 5) is 28.0. The van der Waals surface area contributed by atoms with Crippen molar-refractivity contribution in [1.82, 2.24) is 19.2 Å². The Kier molecular flexibility index (Phi) is 8.89. The van der Waals surface area contributed by atoms with Crippen LogP contribution in [0.4, 0.5) is 23.0 Å². The molecule has 3 aliphatic heterocycles. The van der Waals surface area contributed by atoms with Crippen molar-refractivity contribution < 1.29 is 17.9 Å². The number of nitrogens with one attached hydrogen (secondary N) is 1. The number of carbonyl (C=O) groups is 1. The van der Waals surface area contributed by atoms with Gasteiger partial charge in [-0.1, -0.05) is 29.3 Å². The van der Waals surface area contributed by atoms with Crippen LogP contribution in [0.5, 0.6) is 5.88 Å². The number of piperidine rings is 1. The van der Waals surface area contributed by atoms with Crippen molar-refractivity contribution in [2.75, 3.05) is 62.1 Å². The Morgan fingerprint density at radius 3 is 2.43 bits per heavy atom. The first-order chi connectivity index (χ1) is 21.1. The Morgan fingerprint density at radius 1 is 1.05 bits per heavy atom. The molecule has 1 aromatic heterocycles. The summed E-state index contributed by atoms with van der Waals surface area (Å²) in [6, 6.07) is 11.2. The van der Waals surface area contributed by atoms with Gasteiger partial charge in [0, 0.05) is 49.8 Å². The van der Waals surface area contributed by atoms with Gasteiger partial charge in [-0.3, -0.25) is 9.69 Å².